The van der Waals surface area contributed by atoms with Crippen LogP contribution in [-0.2, 0) is 0 Å². The lowest BCUT2D eigenvalue weighted by Crippen LogP contribution is -1.93. The minimum Gasteiger partial charge on any atom is -0.496 e. The summed E-state index contributed by atoms with van der Waals surface area (Å²) in [5.74, 6) is 0.821. The Labute approximate surface area is 107 Å². The van der Waals surface area contributed by atoms with E-state index in [1.165, 1.54) is 5.39 Å². The third-order valence-electron chi connectivity index (χ3n) is 2.77. The zero-order valence-electron chi connectivity index (χ0n) is 10.5. The van der Waals surface area contributed by atoms with E-state index in [1.807, 2.05) is 18.2 Å². The van der Waals surface area contributed by atoms with Gasteiger partial charge in [-0.25, -0.2) is 0 Å². The Morgan fingerprint density at radius 2 is 1.94 bits per heavy atom. The first-order chi connectivity index (χ1) is 8.85. The average molecular weight is 243 g/mol. The molecule has 2 aromatic rings. The van der Waals surface area contributed by atoms with Gasteiger partial charge in [-0.3, -0.25) is 4.99 Å². The molecule has 0 aromatic heterocycles. The van der Waals surface area contributed by atoms with Crippen molar-refractivity contribution in [2.75, 3.05) is 20.3 Å². The van der Waals surface area contributed by atoms with Gasteiger partial charge in [0.15, 0.2) is 0 Å². The van der Waals surface area contributed by atoms with E-state index in [-0.39, 0.29) is 6.61 Å². The van der Waals surface area contributed by atoms with Gasteiger partial charge >= 0.3 is 0 Å². The molecule has 0 bridgehead atoms. The Morgan fingerprint density at radius 1 is 1.22 bits per heavy atom. The molecular formula is C15H17NO2. The van der Waals surface area contributed by atoms with E-state index in [2.05, 4.69) is 23.2 Å². The summed E-state index contributed by atoms with van der Waals surface area (Å²) in [7, 11) is 1.66. The summed E-state index contributed by atoms with van der Waals surface area (Å²) in [4.78, 5) is 4.28. The summed E-state index contributed by atoms with van der Waals surface area (Å²) in [5.41, 5.74) is 0.967. The second-order valence-corrected chi connectivity index (χ2v) is 4.05. The number of aliphatic hydroxyl groups excluding tert-OH is 1. The highest BCUT2D eigenvalue weighted by atomic mass is 16.5. The molecule has 0 aliphatic heterocycles. The van der Waals surface area contributed by atoms with Crippen LogP contribution >= 0.6 is 0 Å². The molecule has 0 heterocycles. The number of aliphatic hydroxyl groups is 1. The van der Waals surface area contributed by atoms with Crippen LogP contribution in [0.1, 0.15) is 12.0 Å². The van der Waals surface area contributed by atoms with Gasteiger partial charge in [-0.1, -0.05) is 24.3 Å². The SMILES string of the molecule is COc1cc2ccccc2cc1C=NCCCO. The average Bonchev–Trinajstić information content (AvgIpc) is 2.42. The van der Waals surface area contributed by atoms with Gasteiger partial charge in [0.05, 0.1) is 7.11 Å². The molecule has 0 spiro atoms. The van der Waals surface area contributed by atoms with Gasteiger partial charge in [-0.15, -0.1) is 0 Å². The second kappa shape index (κ2) is 6.17. The monoisotopic (exact) mass is 243 g/mol. The fourth-order valence-corrected chi connectivity index (χ4v) is 1.84. The third-order valence-corrected chi connectivity index (χ3v) is 2.77. The van der Waals surface area contributed by atoms with Gasteiger partial charge in [-0.2, -0.15) is 0 Å². The number of nitrogens with zero attached hydrogens (tertiary/aromatic N) is 1. The molecule has 0 saturated carbocycles. The number of methoxy groups -OCH3 is 1. The molecule has 3 nitrogen and oxygen atoms in total. The molecule has 0 radical (unpaired) electrons. The number of fused-ring (bicyclic) bond motifs is 1. The van der Waals surface area contributed by atoms with Crippen molar-refractivity contribution in [3.05, 3.63) is 42.0 Å². The topological polar surface area (TPSA) is 41.8 Å². The number of rotatable bonds is 5. The largest absolute Gasteiger partial charge is 0.496 e. The lowest BCUT2D eigenvalue weighted by atomic mass is 10.1. The highest BCUT2D eigenvalue weighted by molar-refractivity contribution is 5.93. The van der Waals surface area contributed by atoms with E-state index in [0.29, 0.717) is 13.0 Å². The number of aliphatic imine (C=N–C) groups is 1. The van der Waals surface area contributed by atoms with Gasteiger partial charge in [0.1, 0.15) is 5.75 Å². The zero-order chi connectivity index (χ0) is 12.8. The molecule has 0 aliphatic rings. The van der Waals surface area contributed by atoms with Crippen LogP contribution < -0.4 is 4.74 Å². The van der Waals surface area contributed by atoms with E-state index in [4.69, 9.17) is 9.84 Å². The van der Waals surface area contributed by atoms with E-state index in [0.717, 1.165) is 16.7 Å². The summed E-state index contributed by atoms with van der Waals surface area (Å²) in [6, 6.07) is 12.2. The Balaban J connectivity index is 2.33. The molecule has 2 rings (SSSR count). The van der Waals surface area contributed by atoms with Gasteiger partial charge in [0.25, 0.3) is 0 Å². The van der Waals surface area contributed by atoms with E-state index >= 15 is 0 Å². The van der Waals surface area contributed by atoms with E-state index in [9.17, 15) is 0 Å². The quantitative estimate of drug-likeness (QED) is 0.648. The van der Waals surface area contributed by atoms with Crippen LogP contribution in [0.4, 0.5) is 0 Å². The first-order valence-corrected chi connectivity index (χ1v) is 6.02. The van der Waals surface area contributed by atoms with Crippen LogP contribution in [0.15, 0.2) is 41.4 Å². The number of hydrogen-bond donors (Lipinski definition) is 1. The van der Waals surface area contributed by atoms with E-state index < -0.39 is 0 Å². The number of hydrogen-bond acceptors (Lipinski definition) is 3. The molecule has 18 heavy (non-hydrogen) atoms. The molecule has 0 atom stereocenters. The highest BCUT2D eigenvalue weighted by Crippen LogP contribution is 2.24. The van der Waals surface area contributed by atoms with Crippen molar-refractivity contribution in [2.45, 2.75) is 6.42 Å². The van der Waals surface area contributed by atoms with Crippen molar-refractivity contribution in [3.8, 4) is 5.75 Å². The van der Waals surface area contributed by atoms with Crippen LogP contribution in [0, 0.1) is 0 Å². The van der Waals surface area contributed by atoms with Crippen LogP contribution in [0.25, 0.3) is 10.8 Å². The Kier molecular flexibility index (Phi) is 4.31. The number of ether oxygens (including phenoxy) is 1. The molecule has 0 fully saturated rings. The molecule has 3 heteroatoms. The van der Waals surface area contributed by atoms with Crippen molar-refractivity contribution in [2.24, 2.45) is 4.99 Å². The molecule has 0 saturated heterocycles. The minimum atomic E-state index is 0.173. The normalized spacial score (nSPS) is 11.2. The molecule has 94 valence electrons. The van der Waals surface area contributed by atoms with Crippen molar-refractivity contribution >= 4 is 17.0 Å². The van der Waals surface area contributed by atoms with Gasteiger partial charge in [0, 0.05) is 24.9 Å². The zero-order valence-corrected chi connectivity index (χ0v) is 10.5. The summed E-state index contributed by atoms with van der Waals surface area (Å²) < 4.78 is 5.37. The summed E-state index contributed by atoms with van der Waals surface area (Å²) in [6.07, 6.45) is 2.49. The standard InChI is InChI=1S/C15H17NO2/c1-18-15-10-13-6-3-2-5-12(13)9-14(15)11-16-7-4-8-17/h2-3,5-6,9-11,17H,4,7-8H2,1H3. The maximum Gasteiger partial charge on any atom is 0.128 e. The minimum absolute atomic E-state index is 0.173. The maximum atomic E-state index is 8.71. The van der Waals surface area contributed by atoms with Gasteiger partial charge in [-0.05, 0) is 29.3 Å². The molecule has 0 aliphatic carbocycles. The molecule has 0 amide bonds. The summed E-state index contributed by atoms with van der Waals surface area (Å²) in [6.45, 7) is 0.804. The molecule has 1 N–H and O–H groups in total. The second-order valence-electron chi connectivity index (χ2n) is 4.05. The molecule has 0 unspecified atom stereocenters. The van der Waals surface area contributed by atoms with Gasteiger partial charge < -0.3 is 9.84 Å². The van der Waals surface area contributed by atoms with Crippen LogP contribution in [0.2, 0.25) is 0 Å². The van der Waals surface area contributed by atoms with Crippen molar-refractivity contribution in [3.63, 3.8) is 0 Å². The lowest BCUT2D eigenvalue weighted by Gasteiger charge is -2.07. The van der Waals surface area contributed by atoms with Crippen LogP contribution in [-0.4, -0.2) is 31.6 Å². The number of benzene rings is 2. The highest BCUT2D eigenvalue weighted by Gasteiger charge is 2.02. The predicted octanol–water partition coefficient (Wildman–Crippen LogP) is 2.65. The van der Waals surface area contributed by atoms with Crippen LogP contribution in [0.5, 0.6) is 5.75 Å². The van der Waals surface area contributed by atoms with Crippen molar-refractivity contribution in [1.82, 2.24) is 0 Å². The van der Waals surface area contributed by atoms with Crippen molar-refractivity contribution < 1.29 is 9.84 Å². The first-order valence-electron chi connectivity index (χ1n) is 6.02. The Hall–Kier alpha value is -1.87. The Morgan fingerprint density at radius 3 is 2.61 bits per heavy atom. The fraction of sp³-hybridized carbons (Fsp3) is 0.267. The fourth-order valence-electron chi connectivity index (χ4n) is 1.84. The first kappa shape index (κ1) is 12.6. The van der Waals surface area contributed by atoms with Gasteiger partial charge in [0.2, 0.25) is 0 Å². The maximum absolute atomic E-state index is 8.71. The third kappa shape index (κ3) is 2.87. The summed E-state index contributed by atoms with van der Waals surface area (Å²) in [5, 5.41) is 11.0. The lowest BCUT2D eigenvalue weighted by molar-refractivity contribution is 0.291. The molecule has 2 aromatic carbocycles. The van der Waals surface area contributed by atoms with Crippen LogP contribution in [0.3, 0.4) is 0 Å². The summed E-state index contributed by atoms with van der Waals surface area (Å²) >= 11 is 0. The smallest absolute Gasteiger partial charge is 0.128 e. The Bertz CT molecular complexity index is 549. The van der Waals surface area contributed by atoms with E-state index in [1.54, 1.807) is 13.3 Å². The van der Waals surface area contributed by atoms with Crippen molar-refractivity contribution in [1.29, 1.82) is 0 Å². The molecular weight excluding hydrogens is 226 g/mol. The predicted molar refractivity (Wildman–Crippen MR) is 74.7 cm³/mol.